The van der Waals surface area contributed by atoms with Crippen molar-refractivity contribution >= 4 is 41.3 Å². The van der Waals surface area contributed by atoms with Gasteiger partial charge in [0.05, 0.1) is 11.1 Å². The minimum atomic E-state index is 0. The molecule has 3 nitrogen and oxygen atoms in total. The molecule has 1 aromatic heterocycles. The molecule has 1 aliphatic rings. The summed E-state index contributed by atoms with van der Waals surface area (Å²) in [7, 11) is 1.74. The van der Waals surface area contributed by atoms with Gasteiger partial charge < -0.3 is 10.6 Å². The normalized spacial score (nSPS) is 21.3. The van der Waals surface area contributed by atoms with Crippen molar-refractivity contribution in [2.45, 2.75) is 19.9 Å². The van der Waals surface area contributed by atoms with Crippen LogP contribution < -0.4 is 10.6 Å². The van der Waals surface area contributed by atoms with Crippen LogP contribution in [0.3, 0.4) is 0 Å². The average Bonchev–Trinajstić information content (AvgIpc) is 2.58. The Kier molecular flexibility index (Phi) is 4.86. The Labute approximate surface area is 116 Å². The van der Waals surface area contributed by atoms with Gasteiger partial charge in [-0.3, -0.25) is 4.99 Å². The summed E-state index contributed by atoms with van der Waals surface area (Å²) in [5.41, 5.74) is 1.23. The van der Waals surface area contributed by atoms with Crippen molar-refractivity contribution in [3.63, 3.8) is 0 Å². The fourth-order valence-electron chi connectivity index (χ4n) is 1.76. The quantitative estimate of drug-likeness (QED) is 0.834. The fraction of sp³-hybridized carbons (Fsp3) is 0.364. The Morgan fingerprint density at radius 3 is 2.65 bits per heavy atom. The molecule has 17 heavy (non-hydrogen) atoms. The largest absolute Gasteiger partial charge is 0.344 e. The summed E-state index contributed by atoms with van der Waals surface area (Å²) in [6.07, 6.45) is 1.79. The molecule has 0 amide bonds. The molecule has 0 saturated heterocycles. The van der Waals surface area contributed by atoms with Gasteiger partial charge in [0.25, 0.3) is 0 Å². The predicted molar refractivity (Wildman–Crippen MR) is 77.3 cm³/mol. The number of nitrogens with one attached hydrogen (secondary N) is 2. The Hall–Kier alpha value is -0.710. The van der Waals surface area contributed by atoms with Gasteiger partial charge in [0.2, 0.25) is 0 Å². The monoisotopic (exact) mass is 291 g/mol. The van der Waals surface area contributed by atoms with Gasteiger partial charge in [0.15, 0.2) is 5.96 Å². The van der Waals surface area contributed by atoms with Gasteiger partial charge in [-0.05, 0) is 25.5 Å². The van der Waals surface area contributed by atoms with Crippen LogP contribution in [0.15, 0.2) is 22.3 Å². The average molecular weight is 292 g/mol. The van der Waals surface area contributed by atoms with Gasteiger partial charge in [-0.25, -0.2) is 0 Å². The van der Waals surface area contributed by atoms with E-state index in [0.717, 1.165) is 11.0 Å². The second kappa shape index (κ2) is 5.76. The number of hydrogen-bond acceptors (Lipinski definition) is 2. The molecule has 0 spiro atoms. The highest BCUT2D eigenvalue weighted by Gasteiger charge is 2.23. The van der Waals surface area contributed by atoms with Gasteiger partial charge in [-0.1, -0.05) is 11.6 Å². The van der Waals surface area contributed by atoms with E-state index >= 15 is 0 Å². The lowest BCUT2D eigenvalue weighted by atomic mass is 10.1. The standard InChI is InChI=1S/C11H14ClN3S.ClH/c1-6-4-8(7(2)16-6)10-9(12)5-14-11(13-3)15-10;/h4-5,10H,1-3H3,(H2,13,14,15);1H. The Morgan fingerprint density at radius 2 is 2.12 bits per heavy atom. The van der Waals surface area contributed by atoms with E-state index in [1.54, 1.807) is 24.6 Å². The van der Waals surface area contributed by atoms with Gasteiger partial charge in [0.1, 0.15) is 0 Å². The number of guanidine groups is 1. The van der Waals surface area contributed by atoms with Gasteiger partial charge in [-0.15, -0.1) is 23.7 Å². The molecule has 1 atom stereocenters. The second-order valence-corrected chi connectivity index (χ2v) is 5.59. The summed E-state index contributed by atoms with van der Waals surface area (Å²) in [5.74, 6) is 0.748. The van der Waals surface area contributed by atoms with E-state index in [0.29, 0.717) is 0 Å². The maximum Gasteiger partial charge on any atom is 0.195 e. The molecule has 6 heteroatoms. The third-order valence-corrected chi connectivity index (χ3v) is 3.83. The lowest BCUT2D eigenvalue weighted by Crippen LogP contribution is -2.41. The maximum atomic E-state index is 6.21. The van der Waals surface area contributed by atoms with Crippen molar-refractivity contribution in [3.05, 3.63) is 32.6 Å². The summed E-state index contributed by atoms with van der Waals surface area (Å²) in [5, 5.41) is 7.02. The molecular formula is C11H15Cl2N3S. The van der Waals surface area contributed by atoms with Crippen molar-refractivity contribution < 1.29 is 0 Å². The van der Waals surface area contributed by atoms with Crippen LogP contribution in [0.4, 0.5) is 0 Å². The molecule has 0 aromatic carbocycles. The first kappa shape index (κ1) is 14.4. The molecule has 1 aromatic rings. The van der Waals surface area contributed by atoms with E-state index in [1.807, 2.05) is 0 Å². The summed E-state index contributed by atoms with van der Waals surface area (Å²) in [6, 6.07) is 2.19. The highest BCUT2D eigenvalue weighted by atomic mass is 35.5. The zero-order chi connectivity index (χ0) is 11.7. The maximum absolute atomic E-state index is 6.21. The van der Waals surface area contributed by atoms with E-state index in [-0.39, 0.29) is 18.4 Å². The lowest BCUT2D eigenvalue weighted by molar-refractivity contribution is 0.728. The molecule has 1 unspecified atom stereocenters. The zero-order valence-electron chi connectivity index (χ0n) is 9.87. The van der Waals surface area contributed by atoms with Crippen LogP contribution in [0.25, 0.3) is 0 Å². The number of nitrogens with zero attached hydrogens (tertiary/aromatic N) is 1. The molecule has 0 aliphatic carbocycles. The topological polar surface area (TPSA) is 36.4 Å². The van der Waals surface area contributed by atoms with Crippen molar-refractivity contribution in [2.24, 2.45) is 4.99 Å². The third kappa shape index (κ3) is 2.94. The van der Waals surface area contributed by atoms with E-state index in [9.17, 15) is 0 Å². The number of thiophene rings is 1. The van der Waals surface area contributed by atoms with Crippen molar-refractivity contribution in [1.82, 2.24) is 10.6 Å². The number of hydrogen-bond donors (Lipinski definition) is 2. The molecule has 94 valence electrons. The molecule has 2 N–H and O–H groups in total. The summed E-state index contributed by atoms with van der Waals surface area (Å²) in [6.45, 7) is 4.22. The molecule has 2 heterocycles. The van der Waals surface area contributed by atoms with E-state index in [4.69, 9.17) is 11.6 Å². The minimum Gasteiger partial charge on any atom is -0.344 e. The second-order valence-electron chi connectivity index (χ2n) is 3.69. The lowest BCUT2D eigenvalue weighted by Gasteiger charge is -2.25. The van der Waals surface area contributed by atoms with E-state index < -0.39 is 0 Å². The smallest absolute Gasteiger partial charge is 0.195 e. The highest BCUT2D eigenvalue weighted by Crippen LogP contribution is 2.32. The van der Waals surface area contributed by atoms with Crippen LogP contribution in [-0.2, 0) is 0 Å². The minimum absolute atomic E-state index is 0. The molecule has 0 radical (unpaired) electrons. The predicted octanol–water partition coefficient (Wildman–Crippen LogP) is 3.09. The first-order valence-corrected chi connectivity index (χ1v) is 6.23. The SMILES string of the molecule is CN=C1NC=C(Cl)C(c2cc(C)sc2C)N1.Cl. The molecule has 0 saturated carbocycles. The first-order valence-electron chi connectivity index (χ1n) is 5.04. The zero-order valence-corrected chi connectivity index (χ0v) is 12.3. The van der Waals surface area contributed by atoms with E-state index in [2.05, 4.69) is 35.5 Å². The summed E-state index contributed by atoms with van der Waals surface area (Å²) >= 11 is 7.99. The Bertz CT molecular complexity index is 465. The molecule has 1 aliphatic heterocycles. The molecule has 0 bridgehead atoms. The van der Waals surface area contributed by atoms with Crippen molar-refractivity contribution in [1.29, 1.82) is 0 Å². The van der Waals surface area contributed by atoms with Gasteiger partial charge in [-0.2, -0.15) is 0 Å². The van der Waals surface area contributed by atoms with Crippen molar-refractivity contribution in [2.75, 3.05) is 7.05 Å². The van der Waals surface area contributed by atoms with Gasteiger partial charge >= 0.3 is 0 Å². The van der Waals surface area contributed by atoms with Crippen molar-refractivity contribution in [3.8, 4) is 0 Å². The number of aryl methyl sites for hydroxylation is 2. The molecule has 2 rings (SSSR count). The highest BCUT2D eigenvalue weighted by molar-refractivity contribution is 7.12. The summed E-state index contributed by atoms with van der Waals surface area (Å²) < 4.78 is 0. The number of rotatable bonds is 1. The van der Waals surface area contributed by atoms with Crippen LogP contribution >= 0.6 is 35.3 Å². The number of aliphatic imine (C=N–C) groups is 1. The first-order chi connectivity index (χ1) is 7.61. The van der Waals surface area contributed by atoms with E-state index in [1.165, 1.54) is 15.3 Å². The van der Waals surface area contributed by atoms with Crippen LogP contribution in [0, 0.1) is 13.8 Å². The Morgan fingerprint density at radius 1 is 1.41 bits per heavy atom. The van der Waals surface area contributed by atoms with Crippen LogP contribution in [0.2, 0.25) is 0 Å². The molecular weight excluding hydrogens is 277 g/mol. The fourth-order valence-corrected chi connectivity index (χ4v) is 2.95. The van der Waals surface area contributed by atoms with Crippen LogP contribution in [-0.4, -0.2) is 13.0 Å². The van der Waals surface area contributed by atoms with Gasteiger partial charge in [0, 0.05) is 23.0 Å². The third-order valence-electron chi connectivity index (χ3n) is 2.52. The Balaban J connectivity index is 0.00000144. The van der Waals surface area contributed by atoms with Crippen LogP contribution in [0.1, 0.15) is 21.4 Å². The van der Waals surface area contributed by atoms with Crippen LogP contribution in [0.5, 0.6) is 0 Å². The number of halogens is 2. The summed E-state index contributed by atoms with van der Waals surface area (Å²) in [4.78, 5) is 6.68. The molecule has 0 fully saturated rings.